The van der Waals surface area contributed by atoms with Gasteiger partial charge in [0.1, 0.15) is 5.66 Å². The fourth-order valence-electron chi connectivity index (χ4n) is 3.78. The Morgan fingerprint density at radius 1 is 0.893 bits per heavy atom. The number of aliphatic hydroxyl groups excluding tert-OH is 1. The van der Waals surface area contributed by atoms with Gasteiger partial charge in [-0.1, -0.05) is 102 Å². The lowest BCUT2D eigenvalue weighted by Crippen LogP contribution is -2.56. The Balaban J connectivity index is 2.46. The van der Waals surface area contributed by atoms with Crippen molar-refractivity contribution < 1.29 is 9.90 Å². The van der Waals surface area contributed by atoms with E-state index in [2.05, 4.69) is 24.5 Å². The van der Waals surface area contributed by atoms with E-state index in [1.54, 1.807) is 0 Å². The molecule has 1 aromatic carbocycles. The van der Waals surface area contributed by atoms with E-state index in [-0.39, 0.29) is 12.5 Å². The summed E-state index contributed by atoms with van der Waals surface area (Å²) in [4.78, 5) is 12.7. The third kappa shape index (κ3) is 9.70. The van der Waals surface area contributed by atoms with Crippen molar-refractivity contribution >= 4 is 5.91 Å². The minimum Gasteiger partial charge on any atom is -0.395 e. The van der Waals surface area contributed by atoms with Gasteiger partial charge in [-0.3, -0.25) is 10.1 Å². The molecule has 0 saturated carbocycles. The molecule has 3 N–H and O–H groups in total. The number of carbonyl (C=O) groups excluding carboxylic acids is 1. The Hall–Kier alpha value is -1.39. The van der Waals surface area contributed by atoms with E-state index < -0.39 is 5.66 Å². The molecular formula is C24H42N2O2. The minimum atomic E-state index is -0.602. The highest BCUT2D eigenvalue weighted by Gasteiger charge is 2.32. The second kappa shape index (κ2) is 15.5. The van der Waals surface area contributed by atoms with Crippen molar-refractivity contribution in [3.63, 3.8) is 0 Å². The summed E-state index contributed by atoms with van der Waals surface area (Å²) >= 11 is 0. The van der Waals surface area contributed by atoms with E-state index >= 15 is 0 Å². The van der Waals surface area contributed by atoms with Crippen molar-refractivity contribution in [1.29, 1.82) is 0 Å². The first-order chi connectivity index (χ1) is 13.7. The highest BCUT2D eigenvalue weighted by atomic mass is 16.3. The number of hydrogen-bond acceptors (Lipinski definition) is 3. The van der Waals surface area contributed by atoms with Gasteiger partial charge in [-0.25, -0.2) is 0 Å². The quantitative estimate of drug-likeness (QED) is 0.251. The van der Waals surface area contributed by atoms with Crippen LogP contribution in [-0.2, 0) is 10.5 Å². The Kier molecular flexibility index (Phi) is 13.7. The predicted octanol–water partition coefficient (Wildman–Crippen LogP) is 5.26. The van der Waals surface area contributed by atoms with Crippen molar-refractivity contribution in [2.24, 2.45) is 0 Å². The Morgan fingerprint density at radius 3 is 2.07 bits per heavy atom. The lowest BCUT2D eigenvalue weighted by atomic mass is 9.93. The fraction of sp³-hybridized carbons (Fsp3) is 0.708. The summed E-state index contributed by atoms with van der Waals surface area (Å²) in [6, 6.07) is 10.0. The van der Waals surface area contributed by atoms with Crippen molar-refractivity contribution in [3.05, 3.63) is 35.9 Å². The van der Waals surface area contributed by atoms with Crippen LogP contribution in [0.5, 0.6) is 0 Å². The van der Waals surface area contributed by atoms with Gasteiger partial charge in [-0.15, -0.1) is 0 Å². The summed E-state index contributed by atoms with van der Waals surface area (Å²) in [6.45, 7) is 4.86. The molecule has 0 aliphatic carbocycles. The number of rotatable bonds is 17. The first-order valence-corrected chi connectivity index (χ1v) is 11.4. The maximum atomic E-state index is 12.7. The van der Waals surface area contributed by atoms with E-state index in [0.29, 0.717) is 13.0 Å². The molecule has 0 aromatic heterocycles. The zero-order valence-electron chi connectivity index (χ0n) is 18.1. The van der Waals surface area contributed by atoms with E-state index in [9.17, 15) is 9.90 Å². The molecule has 0 radical (unpaired) electrons. The smallest absolute Gasteiger partial charge is 0.221 e. The van der Waals surface area contributed by atoms with Gasteiger partial charge in [0, 0.05) is 13.0 Å². The zero-order chi connectivity index (χ0) is 20.5. The molecule has 1 atom stereocenters. The van der Waals surface area contributed by atoms with Crippen molar-refractivity contribution in [2.45, 2.75) is 96.6 Å². The van der Waals surface area contributed by atoms with Crippen LogP contribution in [0.25, 0.3) is 0 Å². The average molecular weight is 391 g/mol. The van der Waals surface area contributed by atoms with Gasteiger partial charge in [-0.2, -0.15) is 0 Å². The van der Waals surface area contributed by atoms with Crippen molar-refractivity contribution in [3.8, 4) is 0 Å². The number of amides is 1. The van der Waals surface area contributed by atoms with Crippen LogP contribution in [0.3, 0.4) is 0 Å². The number of hydrogen-bond donors (Lipinski definition) is 3. The number of benzene rings is 1. The summed E-state index contributed by atoms with van der Waals surface area (Å²) in [7, 11) is 0. The van der Waals surface area contributed by atoms with Crippen LogP contribution in [0.15, 0.2) is 30.3 Å². The van der Waals surface area contributed by atoms with Gasteiger partial charge in [0.05, 0.1) is 6.61 Å². The molecule has 1 aromatic rings. The molecule has 0 aliphatic rings. The molecule has 0 spiro atoms. The second-order valence-corrected chi connectivity index (χ2v) is 7.80. The normalized spacial score (nSPS) is 13.2. The van der Waals surface area contributed by atoms with Crippen LogP contribution < -0.4 is 10.6 Å². The standard InChI is InChI=1S/C24H42N2O2/c1-3-5-6-7-8-9-10-11-15-18-23(28)26-24(19-4-2,25-20-21-27)22-16-13-12-14-17-22/h12-14,16-17,25,27H,3-11,15,18-21H2,1-2H3,(H,26,28). The molecular weight excluding hydrogens is 348 g/mol. The molecule has 160 valence electrons. The van der Waals surface area contributed by atoms with Crippen LogP contribution in [0.1, 0.15) is 96.5 Å². The van der Waals surface area contributed by atoms with Gasteiger partial charge in [-0.05, 0) is 18.4 Å². The molecule has 0 heterocycles. The first kappa shape index (κ1) is 24.6. The van der Waals surface area contributed by atoms with E-state index in [0.717, 1.165) is 31.2 Å². The summed E-state index contributed by atoms with van der Waals surface area (Å²) in [5.74, 6) is 0.0886. The predicted molar refractivity (Wildman–Crippen MR) is 118 cm³/mol. The van der Waals surface area contributed by atoms with Crippen LogP contribution in [0.2, 0.25) is 0 Å². The molecule has 0 saturated heterocycles. The number of unbranched alkanes of at least 4 members (excludes halogenated alkanes) is 8. The van der Waals surface area contributed by atoms with Crippen molar-refractivity contribution in [2.75, 3.05) is 13.2 Å². The maximum absolute atomic E-state index is 12.7. The Labute approximate surface area is 172 Å². The Morgan fingerprint density at radius 2 is 1.50 bits per heavy atom. The lowest BCUT2D eigenvalue weighted by Gasteiger charge is -2.36. The van der Waals surface area contributed by atoms with Crippen LogP contribution >= 0.6 is 0 Å². The molecule has 4 heteroatoms. The Bertz CT molecular complexity index is 507. The lowest BCUT2D eigenvalue weighted by molar-refractivity contribution is -0.124. The van der Waals surface area contributed by atoms with Gasteiger partial charge in [0.25, 0.3) is 0 Å². The third-order valence-electron chi connectivity index (χ3n) is 5.29. The van der Waals surface area contributed by atoms with E-state index in [1.165, 1.54) is 44.9 Å². The largest absolute Gasteiger partial charge is 0.395 e. The summed E-state index contributed by atoms with van der Waals surface area (Å²) in [5.41, 5.74) is 0.445. The summed E-state index contributed by atoms with van der Waals surface area (Å²) < 4.78 is 0. The number of nitrogens with one attached hydrogen (secondary N) is 2. The van der Waals surface area contributed by atoms with Crippen LogP contribution in [0, 0.1) is 0 Å². The van der Waals surface area contributed by atoms with E-state index in [1.807, 2.05) is 30.3 Å². The molecule has 0 fully saturated rings. The second-order valence-electron chi connectivity index (χ2n) is 7.80. The van der Waals surface area contributed by atoms with Gasteiger partial charge in [0.15, 0.2) is 0 Å². The SMILES string of the molecule is CCCCCCCCCCCC(=O)NC(CCC)(NCCO)c1ccccc1. The highest BCUT2D eigenvalue weighted by molar-refractivity contribution is 5.77. The van der Waals surface area contributed by atoms with Crippen LogP contribution in [-0.4, -0.2) is 24.2 Å². The molecule has 1 rings (SSSR count). The summed E-state index contributed by atoms with van der Waals surface area (Å²) in [6.07, 6.45) is 13.5. The minimum absolute atomic E-state index is 0.0480. The average Bonchev–Trinajstić information content (AvgIpc) is 2.71. The monoisotopic (exact) mass is 390 g/mol. The van der Waals surface area contributed by atoms with Gasteiger partial charge < -0.3 is 10.4 Å². The van der Waals surface area contributed by atoms with Gasteiger partial charge in [0.2, 0.25) is 5.91 Å². The fourth-order valence-corrected chi connectivity index (χ4v) is 3.78. The molecule has 1 unspecified atom stereocenters. The zero-order valence-corrected chi connectivity index (χ0v) is 18.1. The topological polar surface area (TPSA) is 61.4 Å². The molecule has 0 bridgehead atoms. The molecule has 28 heavy (non-hydrogen) atoms. The third-order valence-corrected chi connectivity index (χ3v) is 5.29. The summed E-state index contributed by atoms with van der Waals surface area (Å²) in [5, 5.41) is 15.9. The molecule has 1 amide bonds. The molecule has 0 aliphatic heterocycles. The number of aliphatic hydroxyl groups is 1. The van der Waals surface area contributed by atoms with Crippen LogP contribution in [0.4, 0.5) is 0 Å². The first-order valence-electron chi connectivity index (χ1n) is 11.4. The highest BCUT2D eigenvalue weighted by Crippen LogP contribution is 2.24. The van der Waals surface area contributed by atoms with Gasteiger partial charge >= 0.3 is 0 Å². The van der Waals surface area contributed by atoms with Crippen molar-refractivity contribution in [1.82, 2.24) is 10.6 Å². The molecule has 4 nitrogen and oxygen atoms in total. The maximum Gasteiger partial charge on any atom is 0.221 e. The number of carbonyl (C=O) groups is 1. The van der Waals surface area contributed by atoms with E-state index in [4.69, 9.17) is 0 Å².